The zero-order chi connectivity index (χ0) is 32.2. The van der Waals surface area contributed by atoms with Gasteiger partial charge in [0.15, 0.2) is 5.69 Å². The van der Waals surface area contributed by atoms with Crippen LogP contribution in [0, 0.1) is 0 Å². The number of amides is 1. The van der Waals surface area contributed by atoms with Crippen LogP contribution >= 0.6 is 7.60 Å². The molecule has 1 unspecified atom stereocenters. The smallest absolute Gasteiger partial charge is 0.421 e. The molecule has 1 amide bonds. The topological polar surface area (TPSA) is 167 Å². The highest BCUT2D eigenvalue weighted by Gasteiger charge is 2.36. The highest BCUT2D eigenvalue weighted by Crippen LogP contribution is 2.52. The number of aromatic nitrogens is 6. The number of nitrogens with one attached hydrogen (secondary N) is 3. The standard InChI is InChI=1S/C27H29F3N9O5P/c1-4-43-45(41)15-16-6-7-19(22(12-16)42-3)35-26-32-13-17(27(28,29)30)24(36-26)34-20-9-8-18(33-23(20)25(40)31-2)21-14-39(38-37-21)10-5-11-44-45/h6-9,12-14H,4-5,10-11,15H2,1-3H3,(H,31,40)(H2,32,34,35,36). The number of halogens is 3. The molecule has 0 spiro atoms. The molecule has 0 fully saturated rings. The van der Waals surface area contributed by atoms with Gasteiger partial charge in [-0.05, 0) is 43.2 Å². The largest absolute Gasteiger partial charge is 0.495 e. The van der Waals surface area contributed by atoms with Gasteiger partial charge >= 0.3 is 13.8 Å². The van der Waals surface area contributed by atoms with Gasteiger partial charge in [0.1, 0.15) is 22.8 Å². The molecule has 4 aliphatic heterocycles. The summed E-state index contributed by atoms with van der Waals surface area (Å²) in [6.45, 7) is 2.33. The first kappa shape index (κ1) is 31.8. The van der Waals surface area contributed by atoms with E-state index < -0.39 is 31.1 Å². The normalized spacial score (nSPS) is 17.0. The molecular formula is C27H29F3N9O5P. The van der Waals surface area contributed by atoms with Crippen LogP contribution in [0.5, 0.6) is 5.75 Å². The van der Waals surface area contributed by atoms with Gasteiger partial charge < -0.3 is 29.7 Å². The summed E-state index contributed by atoms with van der Waals surface area (Å²) in [4.78, 5) is 25.1. The molecule has 45 heavy (non-hydrogen) atoms. The quantitative estimate of drug-likeness (QED) is 0.250. The number of benzene rings is 1. The molecule has 8 bridgehead atoms. The highest BCUT2D eigenvalue weighted by molar-refractivity contribution is 7.53. The van der Waals surface area contributed by atoms with E-state index in [9.17, 15) is 22.5 Å². The Hall–Kier alpha value is -4.60. The minimum absolute atomic E-state index is 0.0411. The second kappa shape index (κ2) is 13.2. The molecular weight excluding hydrogens is 618 g/mol. The van der Waals surface area contributed by atoms with Crippen molar-refractivity contribution < 1.29 is 36.3 Å². The Balaban J connectivity index is 1.62. The van der Waals surface area contributed by atoms with Crippen molar-refractivity contribution in [3.05, 3.63) is 59.5 Å². The maximum atomic E-state index is 14.0. The number of rotatable bonds is 4. The number of nitrogens with zero attached hydrogens (tertiary/aromatic N) is 6. The van der Waals surface area contributed by atoms with Crippen LogP contribution in [-0.4, -0.2) is 63.2 Å². The third-order valence-electron chi connectivity index (χ3n) is 6.52. The summed E-state index contributed by atoms with van der Waals surface area (Å²) in [5.74, 6) is -1.22. The molecule has 3 N–H and O–H groups in total. The Morgan fingerprint density at radius 2 is 1.96 bits per heavy atom. The first-order chi connectivity index (χ1) is 21.5. The molecule has 0 saturated heterocycles. The first-order valence-corrected chi connectivity index (χ1v) is 15.4. The third-order valence-corrected chi connectivity index (χ3v) is 8.50. The van der Waals surface area contributed by atoms with Gasteiger partial charge in [0.25, 0.3) is 5.91 Å². The summed E-state index contributed by atoms with van der Waals surface area (Å²) in [5, 5.41) is 16.1. The summed E-state index contributed by atoms with van der Waals surface area (Å²) < 4.78 is 73.9. The lowest BCUT2D eigenvalue weighted by Gasteiger charge is -2.19. The molecule has 0 radical (unpaired) electrons. The van der Waals surface area contributed by atoms with E-state index in [0.29, 0.717) is 36.1 Å². The second-order valence-electron chi connectivity index (χ2n) is 9.65. The number of ether oxygens (including phenoxy) is 1. The van der Waals surface area contributed by atoms with Crippen molar-refractivity contribution in [3.8, 4) is 17.1 Å². The first-order valence-electron chi connectivity index (χ1n) is 13.7. The number of alkyl halides is 3. The molecule has 4 aromatic rings. The van der Waals surface area contributed by atoms with Gasteiger partial charge in [0.2, 0.25) is 5.95 Å². The van der Waals surface area contributed by atoms with Crippen LogP contribution in [0.1, 0.15) is 35.0 Å². The van der Waals surface area contributed by atoms with Gasteiger partial charge in [0, 0.05) is 19.8 Å². The average molecular weight is 648 g/mol. The number of hydrogen-bond donors (Lipinski definition) is 3. The van der Waals surface area contributed by atoms with E-state index in [-0.39, 0.29) is 48.1 Å². The highest BCUT2D eigenvalue weighted by atomic mass is 31.2. The summed E-state index contributed by atoms with van der Waals surface area (Å²) in [6, 6.07) is 7.71. The van der Waals surface area contributed by atoms with Crippen LogP contribution in [0.3, 0.4) is 0 Å². The van der Waals surface area contributed by atoms with Crippen LogP contribution in [0.2, 0.25) is 0 Å². The minimum atomic E-state index is -4.83. The molecule has 1 atom stereocenters. The van der Waals surface area contributed by atoms with Crippen molar-refractivity contribution in [1.29, 1.82) is 0 Å². The van der Waals surface area contributed by atoms with E-state index in [1.165, 1.54) is 31.0 Å². The third kappa shape index (κ3) is 7.38. The predicted molar refractivity (Wildman–Crippen MR) is 157 cm³/mol. The van der Waals surface area contributed by atoms with E-state index >= 15 is 0 Å². The summed E-state index contributed by atoms with van der Waals surface area (Å²) in [5.41, 5.74) is 0.0446. The predicted octanol–water partition coefficient (Wildman–Crippen LogP) is 5.15. The van der Waals surface area contributed by atoms with Gasteiger partial charge in [-0.25, -0.2) is 9.97 Å². The SMILES string of the molecule is CCOP1(=O)Cc2ccc(c(OC)c2)Nc2ncc(C(F)(F)F)c(n2)Nc2ccc(nc2C(=O)NC)-c2cn(nn2)CCCO1. The number of anilines is 4. The molecule has 1 aromatic carbocycles. The molecule has 238 valence electrons. The number of carbonyl (C=O) groups is 1. The Morgan fingerprint density at radius 3 is 2.69 bits per heavy atom. The average Bonchev–Trinajstić information content (AvgIpc) is 3.48. The zero-order valence-corrected chi connectivity index (χ0v) is 25.3. The van der Waals surface area contributed by atoms with E-state index in [1.807, 2.05) is 0 Å². The lowest BCUT2D eigenvalue weighted by molar-refractivity contribution is -0.137. The summed E-state index contributed by atoms with van der Waals surface area (Å²) in [7, 11) is -0.797. The fourth-order valence-electron chi connectivity index (χ4n) is 4.43. The van der Waals surface area contributed by atoms with Crippen LogP contribution in [0.25, 0.3) is 11.4 Å². The number of pyridine rings is 1. The Morgan fingerprint density at radius 1 is 1.16 bits per heavy atom. The van der Waals surface area contributed by atoms with Crippen LogP contribution in [0.4, 0.5) is 36.3 Å². The van der Waals surface area contributed by atoms with Crippen molar-refractivity contribution in [2.45, 2.75) is 32.2 Å². The monoisotopic (exact) mass is 647 g/mol. The second-order valence-corrected chi connectivity index (χ2v) is 11.7. The van der Waals surface area contributed by atoms with E-state index in [2.05, 4.69) is 41.2 Å². The molecule has 0 aliphatic carbocycles. The van der Waals surface area contributed by atoms with Gasteiger partial charge in [0.05, 0.1) is 49.8 Å². The molecule has 0 saturated carbocycles. The fourth-order valence-corrected chi connectivity index (χ4v) is 6.13. The molecule has 14 nitrogen and oxygen atoms in total. The molecule has 3 aromatic heterocycles. The lowest BCUT2D eigenvalue weighted by atomic mass is 10.2. The Kier molecular flexibility index (Phi) is 9.32. The number of methoxy groups -OCH3 is 1. The zero-order valence-electron chi connectivity index (χ0n) is 24.4. The number of carbonyl (C=O) groups excluding carboxylic acids is 1. The molecule has 8 rings (SSSR count). The van der Waals surface area contributed by atoms with E-state index in [4.69, 9.17) is 13.8 Å². The molecule has 4 aliphatic rings. The van der Waals surface area contributed by atoms with Crippen LogP contribution < -0.4 is 20.7 Å². The number of hydrogen-bond acceptors (Lipinski definition) is 12. The summed E-state index contributed by atoms with van der Waals surface area (Å²) >= 11 is 0. The van der Waals surface area contributed by atoms with E-state index in [0.717, 1.165) is 0 Å². The molecule has 18 heteroatoms. The Labute approximate surface area is 255 Å². The van der Waals surface area contributed by atoms with Gasteiger partial charge in [-0.1, -0.05) is 11.3 Å². The Bertz CT molecular complexity index is 1750. The number of aryl methyl sites for hydroxylation is 1. The van der Waals surface area contributed by atoms with Crippen molar-refractivity contribution >= 4 is 36.6 Å². The summed E-state index contributed by atoms with van der Waals surface area (Å²) in [6.07, 6.45) is -2.25. The van der Waals surface area contributed by atoms with Gasteiger partial charge in [-0.15, -0.1) is 5.10 Å². The van der Waals surface area contributed by atoms with Crippen molar-refractivity contribution in [2.24, 2.45) is 0 Å². The molecule has 7 heterocycles. The van der Waals surface area contributed by atoms with Crippen molar-refractivity contribution in [3.63, 3.8) is 0 Å². The van der Waals surface area contributed by atoms with Gasteiger partial charge in [-0.2, -0.15) is 18.2 Å². The van der Waals surface area contributed by atoms with Crippen molar-refractivity contribution in [2.75, 3.05) is 38.0 Å². The maximum absolute atomic E-state index is 14.0. The van der Waals surface area contributed by atoms with Crippen LogP contribution in [0.15, 0.2) is 42.7 Å². The van der Waals surface area contributed by atoms with E-state index in [1.54, 1.807) is 31.3 Å². The van der Waals surface area contributed by atoms with Gasteiger partial charge in [-0.3, -0.25) is 14.0 Å². The van der Waals surface area contributed by atoms with Crippen molar-refractivity contribution in [1.82, 2.24) is 35.3 Å². The fraction of sp³-hybridized carbons (Fsp3) is 0.333. The van der Waals surface area contributed by atoms with Crippen LogP contribution in [-0.2, 0) is 32.5 Å². The maximum Gasteiger partial charge on any atom is 0.421 e. The lowest BCUT2D eigenvalue weighted by Crippen LogP contribution is -2.21. The minimum Gasteiger partial charge on any atom is -0.495 e.